The lowest BCUT2D eigenvalue weighted by atomic mass is 9.95. The second-order valence-electron chi connectivity index (χ2n) is 4.52. The molecule has 1 aliphatic rings. The van der Waals surface area contributed by atoms with Crippen molar-refractivity contribution in [2.24, 2.45) is 0 Å². The highest BCUT2D eigenvalue weighted by Gasteiger charge is 2.20. The third-order valence-corrected chi connectivity index (χ3v) is 3.97. The van der Waals surface area contributed by atoms with Crippen molar-refractivity contribution in [1.82, 2.24) is 0 Å². The quantitative estimate of drug-likeness (QED) is 0.390. The lowest BCUT2D eigenvalue weighted by Gasteiger charge is -2.21. The highest BCUT2D eigenvalue weighted by molar-refractivity contribution is 6.36. The number of ether oxygens (including phenoxy) is 1. The fraction of sp³-hybridized carbons (Fsp3) is 0. The summed E-state index contributed by atoms with van der Waals surface area (Å²) in [6.45, 7) is 0. The number of hydrogen-bond acceptors (Lipinski definition) is 1. The number of halogens is 2. The van der Waals surface area contributed by atoms with Gasteiger partial charge in [-0.05, 0) is 35.9 Å². The van der Waals surface area contributed by atoms with Crippen LogP contribution in [0.15, 0.2) is 48.5 Å². The second kappa shape index (κ2) is 3.89. The first kappa shape index (κ1) is 11.2. The van der Waals surface area contributed by atoms with Gasteiger partial charge in [-0.15, -0.1) is 0 Å². The van der Waals surface area contributed by atoms with Crippen LogP contribution in [0, 0.1) is 0 Å². The lowest BCUT2D eigenvalue weighted by molar-refractivity contribution is 0.487. The summed E-state index contributed by atoms with van der Waals surface area (Å²) in [6.07, 6.45) is 0. The first-order chi connectivity index (χ1) is 9.24. The Morgan fingerprint density at radius 1 is 0.789 bits per heavy atom. The topological polar surface area (TPSA) is 9.23 Å². The van der Waals surface area contributed by atoms with Crippen LogP contribution in [0.4, 0.5) is 0 Å². The minimum atomic E-state index is 0.699. The van der Waals surface area contributed by atoms with Crippen LogP contribution in [0.25, 0.3) is 21.9 Å². The van der Waals surface area contributed by atoms with E-state index in [4.69, 9.17) is 27.9 Å². The maximum absolute atomic E-state index is 6.26. The molecule has 0 aliphatic carbocycles. The molecule has 0 saturated carbocycles. The second-order valence-corrected chi connectivity index (χ2v) is 5.36. The Hall–Kier alpha value is -1.70. The first-order valence-corrected chi connectivity index (χ1v) is 6.68. The number of fused-ring (bicyclic) bond motifs is 2. The minimum absolute atomic E-state index is 0.699. The molecule has 3 aromatic rings. The molecule has 3 aromatic carbocycles. The van der Waals surface area contributed by atoms with Crippen molar-refractivity contribution in [1.29, 1.82) is 0 Å². The van der Waals surface area contributed by atoms with E-state index in [1.807, 2.05) is 48.5 Å². The van der Waals surface area contributed by atoms with Gasteiger partial charge in [0, 0.05) is 26.4 Å². The molecule has 0 bridgehead atoms. The van der Waals surface area contributed by atoms with Gasteiger partial charge in [0.1, 0.15) is 11.5 Å². The van der Waals surface area contributed by atoms with Gasteiger partial charge in [-0.25, -0.2) is 0 Å². The van der Waals surface area contributed by atoms with Gasteiger partial charge in [0.25, 0.3) is 0 Å². The molecule has 0 radical (unpaired) electrons. The summed E-state index contributed by atoms with van der Waals surface area (Å²) in [4.78, 5) is 0. The van der Waals surface area contributed by atoms with Gasteiger partial charge >= 0.3 is 0 Å². The standard InChI is InChI=1S/C16H8Cl2O/c17-9-4-7-14-12(8-9)10-5-6-13(18)11-2-1-3-15(19-14)16(10)11/h1-8H. The molecule has 0 spiro atoms. The first-order valence-electron chi connectivity index (χ1n) is 5.93. The molecule has 0 saturated heterocycles. The van der Waals surface area contributed by atoms with E-state index >= 15 is 0 Å². The van der Waals surface area contributed by atoms with Crippen LogP contribution in [0.3, 0.4) is 0 Å². The zero-order chi connectivity index (χ0) is 13.0. The Morgan fingerprint density at radius 3 is 2.58 bits per heavy atom. The van der Waals surface area contributed by atoms with E-state index in [0.29, 0.717) is 5.02 Å². The molecule has 0 unspecified atom stereocenters. The Labute approximate surface area is 120 Å². The van der Waals surface area contributed by atoms with E-state index in [-0.39, 0.29) is 0 Å². The summed E-state index contributed by atoms with van der Waals surface area (Å²) >= 11 is 12.3. The van der Waals surface area contributed by atoms with E-state index in [9.17, 15) is 0 Å². The minimum Gasteiger partial charge on any atom is -0.456 e. The van der Waals surface area contributed by atoms with Crippen molar-refractivity contribution in [3.05, 3.63) is 58.6 Å². The normalized spacial score (nSPS) is 12.1. The molecule has 0 aromatic heterocycles. The zero-order valence-electron chi connectivity index (χ0n) is 9.78. The van der Waals surface area contributed by atoms with E-state index in [0.717, 1.165) is 38.4 Å². The van der Waals surface area contributed by atoms with Crippen LogP contribution >= 0.6 is 23.2 Å². The van der Waals surface area contributed by atoms with Crippen molar-refractivity contribution in [2.45, 2.75) is 0 Å². The van der Waals surface area contributed by atoms with Gasteiger partial charge in [0.2, 0.25) is 0 Å². The van der Waals surface area contributed by atoms with Crippen molar-refractivity contribution >= 4 is 34.0 Å². The summed E-state index contributed by atoms with van der Waals surface area (Å²) in [5, 5.41) is 3.48. The molecule has 3 heteroatoms. The number of rotatable bonds is 0. The van der Waals surface area contributed by atoms with Crippen molar-refractivity contribution in [2.75, 3.05) is 0 Å². The fourth-order valence-corrected chi connectivity index (χ4v) is 2.96. The van der Waals surface area contributed by atoms with Crippen LogP contribution in [-0.4, -0.2) is 0 Å². The van der Waals surface area contributed by atoms with Gasteiger partial charge in [-0.1, -0.05) is 41.4 Å². The van der Waals surface area contributed by atoms with Crippen molar-refractivity contribution < 1.29 is 4.74 Å². The maximum atomic E-state index is 6.26. The Kier molecular flexibility index (Phi) is 2.29. The number of hydrogen-bond donors (Lipinski definition) is 0. The molecule has 0 fully saturated rings. The summed E-state index contributed by atoms with van der Waals surface area (Å²) in [7, 11) is 0. The molecule has 1 aliphatic heterocycles. The predicted molar refractivity (Wildman–Crippen MR) is 79.5 cm³/mol. The van der Waals surface area contributed by atoms with E-state index in [1.165, 1.54) is 0 Å². The van der Waals surface area contributed by atoms with Gasteiger partial charge in [-0.2, -0.15) is 0 Å². The highest BCUT2D eigenvalue weighted by atomic mass is 35.5. The molecule has 0 amide bonds. The van der Waals surface area contributed by atoms with Crippen LogP contribution in [0.1, 0.15) is 0 Å². The highest BCUT2D eigenvalue weighted by Crippen LogP contribution is 2.48. The Balaban J connectivity index is 2.19. The smallest absolute Gasteiger partial charge is 0.135 e. The molecule has 1 heterocycles. The van der Waals surface area contributed by atoms with Crippen LogP contribution in [0.5, 0.6) is 11.5 Å². The molecular weight excluding hydrogens is 279 g/mol. The predicted octanol–water partition coefficient (Wildman–Crippen LogP) is 5.92. The van der Waals surface area contributed by atoms with Gasteiger partial charge in [-0.3, -0.25) is 0 Å². The van der Waals surface area contributed by atoms with Crippen molar-refractivity contribution in [3.8, 4) is 22.6 Å². The molecule has 19 heavy (non-hydrogen) atoms. The lowest BCUT2D eigenvalue weighted by Crippen LogP contribution is -1.97. The SMILES string of the molecule is Clc1ccc2c(c1)-c1ccc(Cl)c3cccc(c13)O2. The summed E-state index contributed by atoms with van der Waals surface area (Å²) in [5.74, 6) is 1.66. The number of benzene rings is 3. The van der Waals surface area contributed by atoms with Crippen molar-refractivity contribution in [3.63, 3.8) is 0 Å². The van der Waals surface area contributed by atoms with Crippen LogP contribution in [-0.2, 0) is 0 Å². The van der Waals surface area contributed by atoms with Crippen LogP contribution in [0.2, 0.25) is 10.0 Å². The fourth-order valence-electron chi connectivity index (χ4n) is 2.57. The summed E-state index contributed by atoms with van der Waals surface area (Å²) < 4.78 is 5.94. The molecular formula is C16H8Cl2O. The largest absolute Gasteiger partial charge is 0.456 e. The third-order valence-electron chi connectivity index (χ3n) is 3.40. The molecule has 92 valence electrons. The van der Waals surface area contributed by atoms with Crippen LogP contribution < -0.4 is 4.74 Å². The van der Waals surface area contributed by atoms with Gasteiger partial charge in [0.05, 0.1) is 0 Å². The Morgan fingerprint density at radius 2 is 1.68 bits per heavy atom. The average Bonchev–Trinajstić information content (AvgIpc) is 2.42. The summed E-state index contributed by atoms with van der Waals surface area (Å²) in [6, 6.07) is 15.5. The maximum Gasteiger partial charge on any atom is 0.135 e. The van der Waals surface area contributed by atoms with E-state index < -0.39 is 0 Å². The monoisotopic (exact) mass is 286 g/mol. The summed E-state index contributed by atoms with van der Waals surface area (Å²) in [5.41, 5.74) is 2.12. The molecule has 0 N–H and O–H groups in total. The third kappa shape index (κ3) is 1.55. The van der Waals surface area contributed by atoms with E-state index in [1.54, 1.807) is 0 Å². The average molecular weight is 287 g/mol. The van der Waals surface area contributed by atoms with Gasteiger partial charge in [0.15, 0.2) is 0 Å². The zero-order valence-corrected chi connectivity index (χ0v) is 11.3. The van der Waals surface area contributed by atoms with E-state index in [2.05, 4.69) is 0 Å². The van der Waals surface area contributed by atoms with Gasteiger partial charge < -0.3 is 4.74 Å². The molecule has 4 rings (SSSR count). The molecule has 1 nitrogen and oxygen atoms in total. The molecule has 0 atom stereocenters. The Bertz CT molecular complexity index is 824.